The van der Waals surface area contributed by atoms with E-state index in [2.05, 4.69) is 5.32 Å². The highest BCUT2D eigenvalue weighted by Gasteiger charge is 2.42. The minimum atomic E-state index is -0.411. The Morgan fingerprint density at radius 3 is 2.32 bits per heavy atom. The van der Waals surface area contributed by atoms with E-state index in [4.69, 9.17) is 4.74 Å². The van der Waals surface area contributed by atoms with Crippen molar-refractivity contribution in [3.05, 3.63) is 0 Å². The van der Waals surface area contributed by atoms with E-state index in [1.54, 1.807) is 0 Å². The van der Waals surface area contributed by atoms with E-state index in [1.165, 1.54) is 32.1 Å². The summed E-state index contributed by atoms with van der Waals surface area (Å²) in [5.74, 6) is 1.09. The van der Waals surface area contributed by atoms with Crippen LogP contribution in [0, 0.1) is 11.8 Å². The molecular formula is C16H31NO2. The van der Waals surface area contributed by atoms with Gasteiger partial charge in [-0.05, 0) is 51.5 Å². The average molecular weight is 269 g/mol. The largest absolute Gasteiger partial charge is 0.390 e. The highest BCUT2D eigenvalue weighted by Crippen LogP contribution is 2.42. The summed E-state index contributed by atoms with van der Waals surface area (Å²) in [7, 11) is 3.84. The van der Waals surface area contributed by atoms with Crippen molar-refractivity contribution in [2.45, 2.75) is 69.5 Å². The molecule has 3 nitrogen and oxygen atoms in total. The van der Waals surface area contributed by atoms with Gasteiger partial charge in [-0.3, -0.25) is 0 Å². The minimum absolute atomic E-state index is 0.411. The summed E-state index contributed by atoms with van der Waals surface area (Å²) in [5, 5.41) is 14.4. The molecule has 0 aromatic rings. The maximum atomic E-state index is 11.1. The summed E-state index contributed by atoms with van der Waals surface area (Å²) in [6.45, 7) is 0.957. The van der Waals surface area contributed by atoms with E-state index in [0.717, 1.165) is 32.2 Å². The summed E-state index contributed by atoms with van der Waals surface area (Å²) in [6.07, 6.45) is 10.9. The van der Waals surface area contributed by atoms with Crippen molar-refractivity contribution in [1.29, 1.82) is 0 Å². The van der Waals surface area contributed by atoms with Crippen LogP contribution in [0.25, 0.3) is 0 Å². The molecule has 0 aromatic carbocycles. The molecule has 1 unspecified atom stereocenters. The Kier molecular flexibility index (Phi) is 5.67. The molecule has 0 saturated heterocycles. The molecule has 2 aliphatic rings. The first kappa shape index (κ1) is 15.3. The average Bonchev–Trinajstić information content (AvgIpc) is 2.45. The normalized spacial score (nSPS) is 33.0. The van der Waals surface area contributed by atoms with Crippen molar-refractivity contribution in [2.75, 3.05) is 20.7 Å². The van der Waals surface area contributed by atoms with Crippen molar-refractivity contribution >= 4 is 0 Å². The van der Waals surface area contributed by atoms with E-state index in [0.29, 0.717) is 17.9 Å². The summed E-state index contributed by atoms with van der Waals surface area (Å²) in [5.41, 5.74) is -0.411. The lowest BCUT2D eigenvalue weighted by Gasteiger charge is -2.45. The number of hydrogen-bond acceptors (Lipinski definition) is 3. The lowest BCUT2D eigenvalue weighted by molar-refractivity contribution is -0.0807. The van der Waals surface area contributed by atoms with Gasteiger partial charge < -0.3 is 15.2 Å². The quantitative estimate of drug-likeness (QED) is 0.806. The molecule has 19 heavy (non-hydrogen) atoms. The minimum Gasteiger partial charge on any atom is -0.390 e. The first-order valence-corrected chi connectivity index (χ1v) is 8.09. The zero-order valence-corrected chi connectivity index (χ0v) is 12.7. The SMILES string of the molecule is CNCC(C1CCC(OC)CC1)C1(O)CCCCC1. The Morgan fingerprint density at radius 2 is 1.79 bits per heavy atom. The molecule has 0 radical (unpaired) electrons. The number of methoxy groups -OCH3 is 1. The summed E-state index contributed by atoms with van der Waals surface area (Å²) in [6, 6.07) is 0. The molecule has 2 fully saturated rings. The predicted molar refractivity (Wildman–Crippen MR) is 78.2 cm³/mol. The molecule has 2 aliphatic carbocycles. The van der Waals surface area contributed by atoms with E-state index < -0.39 is 5.60 Å². The summed E-state index contributed by atoms with van der Waals surface area (Å²) < 4.78 is 5.47. The Morgan fingerprint density at radius 1 is 1.16 bits per heavy atom. The van der Waals surface area contributed by atoms with Gasteiger partial charge in [-0.2, -0.15) is 0 Å². The van der Waals surface area contributed by atoms with E-state index in [-0.39, 0.29) is 0 Å². The number of ether oxygens (including phenoxy) is 1. The maximum absolute atomic E-state index is 11.1. The van der Waals surface area contributed by atoms with Crippen LogP contribution in [-0.2, 0) is 4.74 Å². The second kappa shape index (κ2) is 7.05. The van der Waals surface area contributed by atoms with Crippen molar-refractivity contribution < 1.29 is 9.84 Å². The van der Waals surface area contributed by atoms with Crippen molar-refractivity contribution in [1.82, 2.24) is 5.32 Å². The third kappa shape index (κ3) is 3.71. The third-order valence-corrected chi connectivity index (χ3v) is 5.45. The van der Waals surface area contributed by atoms with E-state index in [9.17, 15) is 5.11 Å². The van der Waals surface area contributed by atoms with Crippen LogP contribution < -0.4 is 5.32 Å². The maximum Gasteiger partial charge on any atom is 0.0690 e. The second-order valence-electron chi connectivity index (χ2n) is 6.60. The fourth-order valence-electron chi connectivity index (χ4n) is 4.28. The van der Waals surface area contributed by atoms with Gasteiger partial charge in [0.05, 0.1) is 11.7 Å². The van der Waals surface area contributed by atoms with Gasteiger partial charge in [0.25, 0.3) is 0 Å². The Balaban J connectivity index is 1.99. The molecule has 3 heteroatoms. The zero-order chi connectivity index (χ0) is 13.7. The van der Waals surface area contributed by atoms with Crippen LogP contribution in [0.5, 0.6) is 0 Å². The van der Waals surface area contributed by atoms with Gasteiger partial charge >= 0.3 is 0 Å². The van der Waals surface area contributed by atoms with Crippen LogP contribution >= 0.6 is 0 Å². The predicted octanol–water partition coefficient (Wildman–Crippen LogP) is 2.72. The van der Waals surface area contributed by atoms with Gasteiger partial charge in [-0.15, -0.1) is 0 Å². The molecule has 0 heterocycles. The van der Waals surface area contributed by atoms with Gasteiger partial charge in [0.1, 0.15) is 0 Å². The highest BCUT2D eigenvalue weighted by atomic mass is 16.5. The lowest BCUT2D eigenvalue weighted by atomic mass is 9.66. The van der Waals surface area contributed by atoms with Crippen LogP contribution in [0.1, 0.15) is 57.8 Å². The van der Waals surface area contributed by atoms with Crippen LogP contribution in [0.3, 0.4) is 0 Å². The number of hydrogen-bond donors (Lipinski definition) is 2. The highest BCUT2D eigenvalue weighted by molar-refractivity contribution is 4.94. The topological polar surface area (TPSA) is 41.5 Å². The lowest BCUT2D eigenvalue weighted by Crippen LogP contribution is -2.48. The standard InChI is InChI=1S/C16H31NO2/c1-17-12-15(16(18)10-4-3-5-11-16)13-6-8-14(19-2)9-7-13/h13-15,17-18H,3-12H2,1-2H3. The van der Waals surface area contributed by atoms with E-state index >= 15 is 0 Å². The van der Waals surface area contributed by atoms with Crippen molar-refractivity contribution in [3.63, 3.8) is 0 Å². The van der Waals surface area contributed by atoms with Gasteiger partial charge in [0.15, 0.2) is 0 Å². The first-order chi connectivity index (χ1) is 9.19. The Labute approximate surface area is 118 Å². The van der Waals surface area contributed by atoms with Gasteiger partial charge in [0, 0.05) is 19.6 Å². The molecule has 2 rings (SSSR count). The monoisotopic (exact) mass is 269 g/mol. The first-order valence-electron chi connectivity index (χ1n) is 8.09. The molecular weight excluding hydrogens is 238 g/mol. The molecule has 0 spiro atoms. The molecule has 0 amide bonds. The van der Waals surface area contributed by atoms with Gasteiger partial charge in [0.2, 0.25) is 0 Å². The molecule has 1 atom stereocenters. The van der Waals surface area contributed by atoms with E-state index in [1.807, 2.05) is 14.2 Å². The molecule has 112 valence electrons. The Bertz CT molecular complexity index is 255. The fraction of sp³-hybridized carbons (Fsp3) is 1.00. The van der Waals surface area contributed by atoms with Gasteiger partial charge in [-0.25, -0.2) is 0 Å². The smallest absolute Gasteiger partial charge is 0.0690 e. The van der Waals surface area contributed by atoms with Crippen LogP contribution in [0.4, 0.5) is 0 Å². The molecule has 0 aliphatic heterocycles. The third-order valence-electron chi connectivity index (χ3n) is 5.45. The summed E-state index contributed by atoms with van der Waals surface area (Å²) >= 11 is 0. The summed E-state index contributed by atoms with van der Waals surface area (Å²) in [4.78, 5) is 0. The second-order valence-corrected chi connectivity index (χ2v) is 6.60. The Hall–Kier alpha value is -0.120. The molecule has 2 N–H and O–H groups in total. The van der Waals surface area contributed by atoms with Crippen molar-refractivity contribution in [2.24, 2.45) is 11.8 Å². The molecule has 0 bridgehead atoms. The number of aliphatic hydroxyl groups is 1. The fourth-order valence-corrected chi connectivity index (χ4v) is 4.28. The number of rotatable bonds is 5. The van der Waals surface area contributed by atoms with Crippen LogP contribution in [-0.4, -0.2) is 37.5 Å². The zero-order valence-electron chi connectivity index (χ0n) is 12.7. The van der Waals surface area contributed by atoms with Crippen LogP contribution in [0.2, 0.25) is 0 Å². The molecule has 2 saturated carbocycles. The van der Waals surface area contributed by atoms with Crippen LogP contribution in [0.15, 0.2) is 0 Å². The molecule has 0 aromatic heterocycles. The van der Waals surface area contributed by atoms with Gasteiger partial charge in [-0.1, -0.05) is 19.3 Å². The van der Waals surface area contributed by atoms with Crippen molar-refractivity contribution in [3.8, 4) is 0 Å². The number of nitrogens with one attached hydrogen (secondary N) is 1.